The topological polar surface area (TPSA) is 99.9 Å². The number of carbonyl (C=O) groups excluding carboxylic acids is 1. The van der Waals surface area contributed by atoms with Gasteiger partial charge in [0.2, 0.25) is 5.91 Å². The maximum absolute atomic E-state index is 11.7. The lowest BCUT2D eigenvalue weighted by molar-refractivity contribution is -0.385. The molecule has 0 aliphatic carbocycles. The molecule has 132 valence electrons. The number of ether oxygens (including phenoxy) is 3. The van der Waals surface area contributed by atoms with Crippen LogP contribution in [0.1, 0.15) is 5.56 Å². The van der Waals surface area contributed by atoms with Gasteiger partial charge in [-0.3, -0.25) is 14.9 Å². The molecule has 0 saturated carbocycles. The van der Waals surface area contributed by atoms with Gasteiger partial charge in [-0.1, -0.05) is 22.6 Å². The molecule has 0 aliphatic rings. The van der Waals surface area contributed by atoms with Crippen LogP contribution in [0.3, 0.4) is 0 Å². The maximum atomic E-state index is 11.7. The second-order valence-corrected chi connectivity index (χ2v) is 5.53. The van der Waals surface area contributed by atoms with Crippen LogP contribution in [0.5, 0.6) is 11.5 Å². The summed E-state index contributed by atoms with van der Waals surface area (Å²) in [5.41, 5.74) is 0.0658. The lowest BCUT2D eigenvalue weighted by atomic mass is 10.1. The number of carbonyl (C=O) groups is 1. The highest BCUT2D eigenvalue weighted by atomic mass is 127. The Morgan fingerprint density at radius 1 is 1.29 bits per heavy atom. The summed E-state index contributed by atoms with van der Waals surface area (Å²) in [5, 5.41) is 13.8. The summed E-state index contributed by atoms with van der Waals surface area (Å²) < 4.78 is 16.3. The zero-order valence-electron chi connectivity index (χ0n) is 13.4. The van der Waals surface area contributed by atoms with E-state index in [9.17, 15) is 14.9 Å². The van der Waals surface area contributed by atoms with Crippen molar-refractivity contribution >= 4 is 40.3 Å². The standard InChI is InChI=1S/C15H19IN2O6/c1-22-13-9-11(12(18(20)21)10-14(13)23-2)3-4-15(19)17-6-8-24-7-5-16/h3-4,9-10H,5-8H2,1-2H3,(H,17,19). The van der Waals surface area contributed by atoms with Gasteiger partial charge in [0.05, 0.1) is 44.0 Å². The van der Waals surface area contributed by atoms with Crippen LogP contribution in [-0.4, -0.2) is 49.2 Å². The molecule has 1 amide bonds. The molecule has 0 saturated heterocycles. The molecule has 0 bridgehead atoms. The Labute approximate surface area is 153 Å². The number of alkyl halides is 1. The van der Waals surface area contributed by atoms with Gasteiger partial charge in [-0.2, -0.15) is 0 Å². The number of amides is 1. The molecule has 0 fully saturated rings. The molecule has 1 N–H and O–H groups in total. The molecule has 0 spiro atoms. The van der Waals surface area contributed by atoms with Crippen molar-refractivity contribution in [3.8, 4) is 11.5 Å². The predicted octanol–water partition coefficient (Wildman–Crippen LogP) is 2.19. The Bertz CT molecular complexity index is 606. The average molecular weight is 450 g/mol. The molecule has 24 heavy (non-hydrogen) atoms. The first-order valence-corrected chi connectivity index (χ1v) is 8.56. The van der Waals surface area contributed by atoms with Crippen LogP contribution in [0.25, 0.3) is 6.08 Å². The summed E-state index contributed by atoms with van der Waals surface area (Å²) in [5.74, 6) is 0.228. The Morgan fingerprint density at radius 2 is 1.96 bits per heavy atom. The van der Waals surface area contributed by atoms with Crippen molar-refractivity contribution in [2.45, 2.75) is 0 Å². The molecule has 1 aromatic carbocycles. The zero-order valence-corrected chi connectivity index (χ0v) is 15.6. The van der Waals surface area contributed by atoms with E-state index in [1.165, 1.54) is 38.5 Å². The zero-order chi connectivity index (χ0) is 17.9. The van der Waals surface area contributed by atoms with Gasteiger partial charge in [0.25, 0.3) is 5.69 Å². The van der Waals surface area contributed by atoms with E-state index in [0.717, 1.165) is 4.43 Å². The molecular formula is C15H19IN2O6. The summed E-state index contributed by atoms with van der Waals surface area (Å²) in [4.78, 5) is 22.3. The number of methoxy groups -OCH3 is 2. The third kappa shape index (κ3) is 6.32. The number of nitro groups is 1. The Kier molecular flexibility index (Phi) is 9.08. The van der Waals surface area contributed by atoms with Gasteiger partial charge >= 0.3 is 0 Å². The lowest BCUT2D eigenvalue weighted by Gasteiger charge is -2.08. The van der Waals surface area contributed by atoms with E-state index >= 15 is 0 Å². The number of benzene rings is 1. The van der Waals surface area contributed by atoms with Crippen LogP contribution in [0.15, 0.2) is 18.2 Å². The molecule has 9 heteroatoms. The van der Waals surface area contributed by atoms with E-state index in [4.69, 9.17) is 14.2 Å². The Balaban J connectivity index is 2.81. The van der Waals surface area contributed by atoms with Crippen molar-refractivity contribution in [1.29, 1.82) is 0 Å². The first kappa shape index (κ1) is 20.2. The minimum atomic E-state index is -0.544. The molecule has 1 aromatic rings. The molecule has 0 aromatic heterocycles. The van der Waals surface area contributed by atoms with Gasteiger partial charge in [-0.15, -0.1) is 0 Å². The molecule has 1 rings (SSSR count). The van der Waals surface area contributed by atoms with Crippen molar-refractivity contribution in [1.82, 2.24) is 5.32 Å². The monoisotopic (exact) mass is 450 g/mol. The summed E-state index contributed by atoms with van der Waals surface area (Å²) in [7, 11) is 2.82. The van der Waals surface area contributed by atoms with Crippen molar-refractivity contribution in [3.05, 3.63) is 33.9 Å². The van der Waals surface area contributed by atoms with Gasteiger partial charge in [0.15, 0.2) is 11.5 Å². The van der Waals surface area contributed by atoms with Crippen LogP contribution >= 0.6 is 22.6 Å². The minimum absolute atomic E-state index is 0.179. The van der Waals surface area contributed by atoms with Crippen molar-refractivity contribution in [2.24, 2.45) is 0 Å². The fourth-order valence-electron chi connectivity index (χ4n) is 1.80. The molecular weight excluding hydrogens is 431 g/mol. The smallest absolute Gasteiger partial charge is 0.280 e. The maximum Gasteiger partial charge on any atom is 0.280 e. The summed E-state index contributed by atoms with van der Waals surface area (Å²) >= 11 is 2.19. The number of nitrogens with zero attached hydrogens (tertiary/aromatic N) is 1. The number of nitrogens with one attached hydrogen (secondary N) is 1. The summed E-state index contributed by atoms with van der Waals surface area (Å²) in [6.07, 6.45) is 2.59. The first-order chi connectivity index (χ1) is 11.5. The van der Waals surface area contributed by atoms with E-state index in [1.54, 1.807) is 0 Å². The quantitative estimate of drug-likeness (QED) is 0.147. The van der Waals surface area contributed by atoms with Crippen LogP contribution in [-0.2, 0) is 9.53 Å². The third-order valence-electron chi connectivity index (χ3n) is 2.91. The number of hydrogen-bond acceptors (Lipinski definition) is 6. The SMILES string of the molecule is COc1cc(C=CC(=O)NCCOCCI)c([N+](=O)[O-])cc1OC. The van der Waals surface area contributed by atoms with Crippen molar-refractivity contribution in [2.75, 3.05) is 38.4 Å². The lowest BCUT2D eigenvalue weighted by Crippen LogP contribution is -2.25. The largest absolute Gasteiger partial charge is 0.493 e. The fourth-order valence-corrected chi connectivity index (χ4v) is 2.11. The average Bonchev–Trinajstić information content (AvgIpc) is 2.58. The van der Waals surface area contributed by atoms with E-state index in [0.29, 0.717) is 25.5 Å². The fraction of sp³-hybridized carbons (Fsp3) is 0.400. The normalized spacial score (nSPS) is 10.6. The highest BCUT2D eigenvalue weighted by Crippen LogP contribution is 2.35. The second kappa shape index (κ2) is 10.8. The van der Waals surface area contributed by atoms with Crippen molar-refractivity contribution < 1.29 is 23.9 Å². The molecule has 0 atom stereocenters. The highest BCUT2D eigenvalue weighted by Gasteiger charge is 2.17. The van der Waals surface area contributed by atoms with Gasteiger partial charge in [0, 0.05) is 17.0 Å². The summed E-state index contributed by atoms with van der Waals surface area (Å²) in [6.45, 7) is 1.41. The second-order valence-electron chi connectivity index (χ2n) is 4.45. The number of halogens is 1. The van der Waals surface area contributed by atoms with E-state index < -0.39 is 4.92 Å². The molecule has 0 radical (unpaired) electrons. The van der Waals surface area contributed by atoms with Crippen molar-refractivity contribution in [3.63, 3.8) is 0 Å². The van der Waals surface area contributed by atoms with Gasteiger partial charge < -0.3 is 19.5 Å². The summed E-state index contributed by atoms with van der Waals surface area (Å²) in [6, 6.07) is 2.71. The molecule has 8 nitrogen and oxygen atoms in total. The van der Waals surface area contributed by atoms with Gasteiger partial charge in [0.1, 0.15) is 0 Å². The Morgan fingerprint density at radius 3 is 2.54 bits per heavy atom. The van der Waals surface area contributed by atoms with Gasteiger partial charge in [-0.25, -0.2) is 0 Å². The number of hydrogen-bond donors (Lipinski definition) is 1. The number of nitro benzene ring substituents is 1. The highest BCUT2D eigenvalue weighted by molar-refractivity contribution is 14.1. The van der Waals surface area contributed by atoms with Crippen LogP contribution in [0, 0.1) is 10.1 Å². The van der Waals surface area contributed by atoms with E-state index in [1.807, 2.05) is 0 Å². The third-order valence-corrected chi connectivity index (χ3v) is 3.35. The Hall–Kier alpha value is -1.88. The van der Waals surface area contributed by atoms with Crippen LogP contribution < -0.4 is 14.8 Å². The predicted molar refractivity (Wildman–Crippen MR) is 98.0 cm³/mol. The van der Waals surface area contributed by atoms with E-state index in [-0.39, 0.29) is 22.9 Å². The van der Waals surface area contributed by atoms with Gasteiger partial charge in [-0.05, 0) is 12.1 Å². The molecule has 0 heterocycles. The molecule has 0 aliphatic heterocycles. The first-order valence-electron chi connectivity index (χ1n) is 7.03. The minimum Gasteiger partial charge on any atom is -0.493 e. The molecule has 0 unspecified atom stereocenters. The van der Waals surface area contributed by atoms with Crippen LogP contribution in [0.4, 0.5) is 5.69 Å². The van der Waals surface area contributed by atoms with Crippen LogP contribution in [0.2, 0.25) is 0 Å². The van der Waals surface area contributed by atoms with E-state index in [2.05, 4.69) is 27.9 Å². The number of rotatable bonds is 10.